The van der Waals surface area contributed by atoms with Crippen molar-refractivity contribution in [2.24, 2.45) is 5.73 Å². The summed E-state index contributed by atoms with van der Waals surface area (Å²) in [6.45, 7) is 2.23. The summed E-state index contributed by atoms with van der Waals surface area (Å²) in [4.78, 5) is 23.5. The second-order valence-electron chi connectivity index (χ2n) is 3.25. The van der Waals surface area contributed by atoms with E-state index in [9.17, 15) is 9.59 Å². The molecule has 0 aliphatic carbocycles. The van der Waals surface area contributed by atoms with Crippen molar-refractivity contribution in [2.45, 2.75) is 19.0 Å². The van der Waals surface area contributed by atoms with E-state index in [1.54, 1.807) is 0 Å². The van der Waals surface area contributed by atoms with Crippen molar-refractivity contribution in [3.05, 3.63) is 0 Å². The molecule has 3 N–H and O–H groups in total. The van der Waals surface area contributed by atoms with Gasteiger partial charge in [0, 0.05) is 6.54 Å². The molecule has 0 bridgehead atoms. The molecule has 1 amide bonds. The van der Waals surface area contributed by atoms with Gasteiger partial charge in [-0.2, -0.15) is 0 Å². The quantitative estimate of drug-likeness (QED) is 0.577. The lowest BCUT2D eigenvalue weighted by molar-refractivity contribution is -0.158. The Hall–Kier alpha value is -1.14. The highest BCUT2D eigenvalue weighted by Crippen LogP contribution is 2.08. The lowest BCUT2D eigenvalue weighted by Crippen LogP contribution is -2.56. The topological polar surface area (TPSA) is 92.9 Å². The third kappa shape index (κ3) is 2.21. The minimum atomic E-state index is -1.06. The van der Waals surface area contributed by atoms with Gasteiger partial charge in [0.25, 0.3) is 0 Å². The van der Waals surface area contributed by atoms with Crippen molar-refractivity contribution < 1.29 is 19.4 Å². The first-order chi connectivity index (χ1) is 6.54. The zero-order valence-corrected chi connectivity index (χ0v) is 7.97. The maximum atomic E-state index is 11.5. The first kappa shape index (κ1) is 10.9. The van der Waals surface area contributed by atoms with Crippen LogP contribution in [0.25, 0.3) is 0 Å². The van der Waals surface area contributed by atoms with Gasteiger partial charge in [-0.05, 0) is 6.92 Å². The van der Waals surface area contributed by atoms with Gasteiger partial charge in [0.2, 0.25) is 5.91 Å². The predicted molar refractivity (Wildman–Crippen MR) is 47.6 cm³/mol. The molecular formula is C8H14N2O4. The number of morpholine rings is 1. The van der Waals surface area contributed by atoms with Crippen LogP contribution in [0.2, 0.25) is 0 Å². The molecule has 1 aliphatic heterocycles. The van der Waals surface area contributed by atoms with Crippen LogP contribution in [0, 0.1) is 0 Å². The van der Waals surface area contributed by atoms with E-state index >= 15 is 0 Å². The smallest absolute Gasteiger partial charge is 0.328 e. The summed E-state index contributed by atoms with van der Waals surface area (Å²) in [5.74, 6) is -1.40. The molecule has 0 radical (unpaired) electrons. The number of hydrogen-bond acceptors (Lipinski definition) is 4. The van der Waals surface area contributed by atoms with Crippen LogP contribution >= 0.6 is 0 Å². The number of ether oxygens (including phenoxy) is 1. The molecule has 1 saturated heterocycles. The van der Waals surface area contributed by atoms with Gasteiger partial charge in [-0.25, -0.2) is 4.79 Å². The number of carboxylic acids is 1. The molecule has 0 aromatic carbocycles. The van der Waals surface area contributed by atoms with Crippen molar-refractivity contribution in [3.8, 4) is 0 Å². The number of carbonyl (C=O) groups excluding carboxylic acids is 1. The Balaban J connectivity index is 2.72. The maximum Gasteiger partial charge on any atom is 0.328 e. The van der Waals surface area contributed by atoms with E-state index in [1.165, 1.54) is 11.8 Å². The number of carboxylic acid groups (broad SMARTS) is 1. The van der Waals surface area contributed by atoms with Crippen LogP contribution in [0.5, 0.6) is 0 Å². The molecule has 0 aromatic rings. The number of hydrogen-bond donors (Lipinski definition) is 2. The minimum absolute atomic E-state index is 0.0355. The second kappa shape index (κ2) is 4.39. The van der Waals surface area contributed by atoms with Gasteiger partial charge in [0.05, 0.1) is 19.3 Å². The Bertz CT molecular complexity index is 241. The first-order valence-electron chi connectivity index (χ1n) is 4.40. The highest BCUT2D eigenvalue weighted by atomic mass is 16.5. The standard InChI is InChI=1S/C8H14N2O4/c1-5(9)7(11)10-2-3-14-4-6(10)8(12)13/h5-6H,2-4,9H2,1H3,(H,12,13)/t5-,6?/m0/s1. The maximum absolute atomic E-state index is 11.5. The van der Waals surface area contributed by atoms with Crippen LogP contribution in [0.3, 0.4) is 0 Å². The summed E-state index contributed by atoms with van der Waals surface area (Å²) in [5.41, 5.74) is 5.40. The SMILES string of the molecule is C[C@H](N)C(=O)N1CCOCC1C(=O)O. The molecule has 6 nitrogen and oxygen atoms in total. The van der Waals surface area contributed by atoms with Gasteiger partial charge >= 0.3 is 5.97 Å². The van der Waals surface area contributed by atoms with Gasteiger partial charge in [-0.15, -0.1) is 0 Å². The number of amides is 1. The minimum Gasteiger partial charge on any atom is -0.480 e. The molecule has 1 aliphatic rings. The molecule has 1 heterocycles. The largest absolute Gasteiger partial charge is 0.480 e. The third-order valence-corrected chi connectivity index (χ3v) is 2.09. The van der Waals surface area contributed by atoms with Crippen molar-refractivity contribution in [2.75, 3.05) is 19.8 Å². The molecule has 0 spiro atoms. The molecule has 14 heavy (non-hydrogen) atoms. The van der Waals surface area contributed by atoms with Crippen LogP contribution in [-0.2, 0) is 14.3 Å². The highest BCUT2D eigenvalue weighted by Gasteiger charge is 2.33. The van der Waals surface area contributed by atoms with E-state index < -0.39 is 18.1 Å². The molecular weight excluding hydrogens is 188 g/mol. The molecule has 80 valence electrons. The number of nitrogens with zero attached hydrogens (tertiary/aromatic N) is 1. The zero-order chi connectivity index (χ0) is 10.7. The fraction of sp³-hybridized carbons (Fsp3) is 0.750. The Kier molecular flexibility index (Phi) is 3.43. The lowest BCUT2D eigenvalue weighted by atomic mass is 10.2. The average Bonchev–Trinajstić information content (AvgIpc) is 2.16. The van der Waals surface area contributed by atoms with Gasteiger partial charge in [-0.1, -0.05) is 0 Å². The second-order valence-corrected chi connectivity index (χ2v) is 3.25. The van der Waals surface area contributed by atoms with Gasteiger partial charge in [-0.3, -0.25) is 4.79 Å². The zero-order valence-electron chi connectivity index (χ0n) is 7.97. The monoisotopic (exact) mass is 202 g/mol. The summed E-state index contributed by atoms with van der Waals surface area (Å²) < 4.78 is 4.99. The predicted octanol–water partition coefficient (Wildman–Crippen LogP) is -1.35. The lowest BCUT2D eigenvalue weighted by Gasteiger charge is -2.33. The Morgan fingerprint density at radius 1 is 1.64 bits per heavy atom. The van der Waals surface area contributed by atoms with E-state index in [0.29, 0.717) is 6.61 Å². The summed E-state index contributed by atoms with van der Waals surface area (Å²) >= 11 is 0. The van der Waals surface area contributed by atoms with E-state index in [4.69, 9.17) is 15.6 Å². The number of nitrogens with two attached hydrogens (primary N) is 1. The summed E-state index contributed by atoms with van der Waals surface area (Å²) in [6.07, 6.45) is 0. The van der Waals surface area contributed by atoms with Gasteiger partial charge in [0.15, 0.2) is 6.04 Å². The van der Waals surface area contributed by atoms with E-state index in [2.05, 4.69) is 0 Å². The normalized spacial score (nSPS) is 24.4. The van der Waals surface area contributed by atoms with E-state index in [1.807, 2.05) is 0 Å². The summed E-state index contributed by atoms with van der Waals surface area (Å²) in [5, 5.41) is 8.82. The van der Waals surface area contributed by atoms with Crippen LogP contribution in [0.4, 0.5) is 0 Å². The number of carbonyl (C=O) groups is 2. The van der Waals surface area contributed by atoms with Gasteiger partial charge in [0.1, 0.15) is 0 Å². The fourth-order valence-electron chi connectivity index (χ4n) is 1.33. The van der Waals surface area contributed by atoms with Crippen LogP contribution < -0.4 is 5.73 Å². The van der Waals surface area contributed by atoms with Crippen LogP contribution in [0.1, 0.15) is 6.92 Å². The highest BCUT2D eigenvalue weighted by molar-refractivity contribution is 5.86. The molecule has 1 unspecified atom stereocenters. The molecule has 0 saturated carbocycles. The third-order valence-electron chi connectivity index (χ3n) is 2.09. The fourth-order valence-corrected chi connectivity index (χ4v) is 1.33. The van der Waals surface area contributed by atoms with E-state index in [0.717, 1.165) is 0 Å². The summed E-state index contributed by atoms with van der Waals surface area (Å²) in [7, 11) is 0. The van der Waals surface area contributed by atoms with Crippen molar-refractivity contribution in [1.29, 1.82) is 0 Å². The van der Waals surface area contributed by atoms with Crippen molar-refractivity contribution >= 4 is 11.9 Å². The average molecular weight is 202 g/mol. The molecule has 1 fully saturated rings. The molecule has 2 atom stereocenters. The van der Waals surface area contributed by atoms with Crippen LogP contribution in [0.15, 0.2) is 0 Å². The number of rotatable bonds is 2. The summed E-state index contributed by atoms with van der Waals surface area (Å²) in [6, 6.07) is -1.57. The Labute approximate surface area is 81.6 Å². The van der Waals surface area contributed by atoms with Crippen LogP contribution in [-0.4, -0.2) is 53.7 Å². The van der Waals surface area contributed by atoms with Gasteiger partial charge < -0.3 is 20.5 Å². The number of aliphatic carboxylic acids is 1. The molecule has 0 aromatic heterocycles. The van der Waals surface area contributed by atoms with Crippen molar-refractivity contribution in [1.82, 2.24) is 4.90 Å². The first-order valence-corrected chi connectivity index (χ1v) is 4.40. The van der Waals surface area contributed by atoms with Crippen molar-refractivity contribution in [3.63, 3.8) is 0 Å². The van der Waals surface area contributed by atoms with E-state index in [-0.39, 0.29) is 19.1 Å². The Morgan fingerprint density at radius 2 is 2.29 bits per heavy atom. The Morgan fingerprint density at radius 3 is 2.79 bits per heavy atom. The molecule has 1 rings (SSSR count). The molecule has 6 heteroatoms.